The monoisotopic (exact) mass is 281 g/mol. The molecule has 0 amide bonds. The molecule has 5 heteroatoms. The summed E-state index contributed by atoms with van der Waals surface area (Å²) in [5, 5.41) is 16.0. The topological polar surface area (TPSA) is 50.9 Å². The van der Waals surface area contributed by atoms with Gasteiger partial charge in [0.15, 0.2) is 0 Å². The predicted molar refractivity (Wildman–Crippen MR) is 81.0 cm³/mol. The van der Waals surface area contributed by atoms with Gasteiger partial charge in [-0.2, -0.15) is 5.10 Å². The molecule has 0 spiro atoms. The third-order valence-electron chi connectivity index (χ3n) is 3.33. The van der Waals surface area contributed by atoms with Crippen molar-refractivity contribution in [2.24, 2.45) is 7.05 Å². The standard InChI is InChI=1S/C15H11N3OS/c1-18-12-7-6-9(19)8-10(12)14(17-18)15-16-11-4-2-3-5-13(11)20-15/h2-8,19H,1H3. The molecule has 4 rings (SSSR count). The van der Waals surface area contributed by atoms with Crippen molar-refractivity contribution < 1.29 is 5.11 Å². The number of hydrogen-bond donors (Lipinski definition) is 1. The minimum Gasteiger partial charge on any atom is -0.508 e. The van der Waals surface area contributed by atoms with E-state index in [4.69, 9.17) is 0 Å². The van der Waals surface area contributed by atoms with Gasteiger partial charge in [-0.1, -0.05) is 12.1 Å². The fourth-order valence-electron chi connectivity index (χ4n) is 2.39. The van der Waals surface area contributed by atoms with Crippen LogP contribution in [0.4, 0.5) is 0 Å². The summed E-state index contributed by atoms with van der Waals surface area (Å²) in [5.74, 6) is 0.243. The molecular weight excluding hydrogens is 270 g/mol. The highest BCUT2D eigenvalue weighted by molar-refractivity contribution is 7.21. The summed E-state index contributed by atoms with van der Waals surface area (Å²) in [4.78, 5) is 4.64. The lowest BCUT2D eigenvalue weighted by molar-refractivity contribution is 0.476. The molecule has 0 bridgehead atoms. The van der Waals surface area contributed by atoms with Gasteiger partial charge in [0.1, 0.15) is 16.5 Å². The van der Waals surface area contributed by atoms with E-state index in [0.29, 0.717) is 0 Å². The van der Waals surface area contributed by atoms with Gasteiger partial charge in [0.25, 0.3) is 0 Å². The van der Waals surface area contributed by atoms with E-state index in [9.17, 15) is 5.11 Å². The smallest absolute Gasteiger partial charge is 0.145 e. The molecule has 0 saturated heterocycles. The fraction of sp³-hybridized carbons (Fsp3) is 0.0667. The van der Waals surface area contributed by atoms with E-state index in [-0.39, 0.29) is 5.75 Å². The number of phenolic OH excluding ortho intramolecular Hbond substituents is 1. The summed E-state index contributed by atoms with van der Waals surface area (Å²) in [7, 11) is 1.90. The van der Waals surface area contributed by atoms with Gasteiger partial charge in [0.05, 0.1) is 15.7 Å². The van der Waals surface area contributed by atoms with Crippen molar-refractivity contribution >= 4 is 32.5 Å². The van der Waals surface area contributed by atoms with Crippen LogP contribution in [-0.4, -0.2) is 19.9 Å². The molecule has 4 nitrogen and oxygen atoms in total. The summed E-state index contributed by atoms with van der Waals surface area (Å²) < 4.78 is 2.96. The van der Waals surface area contributed by atoms with E-state index in [0.717, 1.165) is 31.8 Å². The Kier molecular flexibility index (Phi) is 2.31. The Bertz CT molecular complexity index is 906. The number of rotatable bonds is 1. The van der Waals surface area contributed by atoms with E-state index in [2.05, 4.69) is 16.1 Å². The SMILES string of the molecule is Cn1nc(-c2nc3ccccc3s2)c2cc(O)ccc21. The lowest BCUT2D eigenvalue weighted by Crippen LogP contribution is -1.89. The number of benzene rings is 2. The van der Waals surface area contributed by atoms with Gasteiger partial charge < -0.3 is 5.11 Å². The molecule has 0 saturated carbocycles. The quantitative estimate of drug-likeness (QED) is 0.580. The lowest BCUT2D eigenvalue weighted by atomic mass is 10.2. The number of fused-ring (bicyclic) bond motifs is 2. The van der Waals surface area contributed by atoms with Crippen LogP contribution in [0.3, 0.4) is 0 Å². The lowest BCUT2D eigenvalue weighted by Gasteiger charge is -1.94. The first kappa shape index (κ1) is 11.4. The Morgan fingerprint density at radius 3 is 2.85 bits per heavy atom. The number of aromatic nitrogens is 3. The average Bonchev–Trinajstić information content (AvgIpc) is 3.00. The molecular formula is C15H11N3OS. The second kappa shape index (κ2) is 4.05. The van der Waals surface area contributed by atoms with Gasteiger partial charge in [-0.3, -0.25) is 4.68 Å². The maximum absolute atomic E-state index is 9.70. The summed E-state index contributed by atoms with van der Waals surface area (Å²) in [6, 6.07) is 13.3. The second-order valence-corrected chi connectivity index (χ2v) is 5.69. The van der Waals surface area contributed by atoms with Gasteiger partial charge >= 0.3 is 0 Å². The predicted octanol–water partition coefficient (Wildman–Crippen LogP) is 3.56. The van der Waals surface area contributed by atoms with Crippen LogP contribution in [0.2, 0.25) is 0 Å². The first-order valence-corrected chi connectivity index (χ1v) is 7.06. The van der Waals surface area contributed by atoms with E-state index in [1.807, 2.05) is 36.0 Å². The molecule has 2 aromatic heterocycles. The van der Waals surface area contributed by atoms with E-state index < -0.39 is 0 Å². The molecule has 0 atom stereocenters. The van der Waals surface area contributed by atoms with Gasteiger partial charge in [-0.15, -0.1) is 11.3 Å². The molecule has 1 N–H and O–H groups in total. The van der Waals surface area contributed by atoms with Crippen LogP contribution in [0.25, 0.3) is 31.8 Å². The normalized spacial score (nSPS) is 11.4. The summed E-state index contributed by atoms with van der Waals surface area (Å²) in [6.07, 6.45) is 0. The molecule has 0 radical (unpaired) electrons. The highest BCUT2D eigenvalue weighted by Crippen LogP contribution is 2.34. The van der Waals surface area contributed by atoms with Crippen LogP contribution in [0, 0.1) is 0 Å². The summed E-state index contributed by atoms with van der Waals surface area (Å²) in [6.45, 7) is 0. The first-order valence-electron chi connectivity index (χ1n) is 6.24. The largest absolute Gasteiger partial charge is 0.508 e. The molecule has 0 aliphatic heterocycles. The molecule has 4 aromatic rings. The Balaban J connectivity index is 2.04. The first-order chi connectivity index (χ1) is 9.72. The summed E-state index contributed by atoms with van der Waals surface area (Å²) >= 11 is 1.62. The molecule has 2 heterocycles. The Morgan fingerprint density at radius 1 is 1.15 bits per heavy atom. The molecule has 20 heavy (non-hydrogen) atoms. The van der Waals surface area contributed by atoms with Crippen LogP contribution in [0.15, 0.2) is 42.5 Å². The Labute approximate surface area is 118 Å². The van der Waals surface area contributed by atoms with Crippen molar-refractivity contribution in [3.05, 3.63) is 42.5 Å². The third-order valence-corrected chi connectivity index (χ3v) is 4.37. The van der Waals surface area contributed by atoms with E-state index in [1.54, 1.807) is 23.5 Å². The van der Waals surface area contributed by atoms with Crippen molar-refractivity contribution in [3.8, 4) is 16.5 Å². The van der Waals surface area contributed by atoms with Gasteiger partial charge in [-0.05, 0) is 30.3 Å². The number of phenols is 1. The molecule has 0 fully saturated rings. The van der Waals surface area contributed by atoms with Crippen molar-refractivity contribution in [2.75, 3.05) is 0 Å². The number of thiazole rings is 1. The Morgan fingerprint density at radius 2 is 2.00 bits per heavy atom. The minimum absolute atomic E-state index is 0.243. The van der Waals surface area contributed by atoms with Crippen molar-refractivity contribution in [1.82, 2.24) is 14.8 Å². The number of aromatic hydroxyl groups is 1. The summed E-state index contributed by atoms with van der Waals surface area (Å²) in [5.41, 5.74) is 2.78. The highest BCUT2D eigenvalue weighted by Gasteiger charge is 2.15. The van der Waals surface area contributed by atoms with Crippen molar-refractivity contribution in [3.63, 3.8) is 0 Å². The Hall–Kier alpha value is -2.40. The van der Waals surface area contributed by atoms with Crippen LogP contribution in [0.5, 0.6) is 5.75 Å². The zero-order valence-electron chi connectivity index (χ0n) is 10.7. The van der Waals surface area contributed by atoms with Crippen LogP contribution >= 0.6 is 11.3 Å². The fourth-order valence-corrected chi connectivity index (χ4v) is 3.35. The molecule has 0 aliphatic carbocycles. The molecule has 0 aliphatic rings. The number of nitrogens with zero attached hydrogens (tertiary/aromatic N) is 3. The second-order valence-electron chi connectivity index (χ2n) is 4.66. The maximum atomic E-state index is 9.70. The highest BCUT2D eigenvalue weighted by atomic mass is 32.1. The minimum atomic E-state index is 0.243. The van der Waals surface area contributed by atoms with E-state index in [1.165, 1.54) is 0 Å². The van der Waals surface area contributed by atoms with Gasteiger partial charge in [0.2, 0.25) is 0 Å². The average molecular weight is 281 g/mol. The van der Waals surface area contributed by atoms with Gasteiger partial charge in [-0.25, -0.2) is 4.98 Å². The number of hydrogen-bond acceptors (Lipinski definition) is 4. The van der Waals surface area contributed by atoms with Crippen molar-refractivity contribution in [2.45, 2.75) is 0 Å². The van der Waals surface area contributed by atoms with Crippen LogP contribution in [-0.2, 0) is 7.05 Å². The number of para-hydroxylation sites is 1. The number of aryl methyl sites for hydroxylation is 1. The van der Waals surface area contributed by atoms with E-state index >= 15 is 0 Å². The molecule has 2 aromatic carbocycles. The maximum Gasteiger partial charge on any atom is 0.145 e. The third kappa shape index (κ3) is 1.60. The molecule has 0 unspecified atom stereocenters. The zero-order chi connectivity index (χ0) is 13.7. The molecule has 98 valence electrons. The van der Waals surface area contributed by atoms with Crippen molar-refractivity contribution in [1.29, 1.82) is 0 Å². The van der Waals surface area contributed by atoms with Gasteiger partial charge in [0, 0.05) is 12.4 Å². The zero-order valence-corrected chi connectivity index (χ0v) is 11.6. The van der Waals surface area contributed by atoms with Crippen LogP contribution < -0.4 is 0 Å². The van der Waals surface area contributed by atoms with Crippen LogP contribution in [0.1, 0.15) is 0 Å².